The van der Waals surface area contributed by atoms with E-state index in [1.165, 1.54) is 0 Å². The van der Waals surface area contributed by atoms with Gasteiger partial charge in [0.15, 0.2) is 0 Å². The van der Waals surface area contributed by atoms with Gasteiger partial charge in [0.2, 0.25) is 0 Å². The number of nitrogens with zero attached hydrogens (tertiary/aromatic N) is 2. The minimum Gasteiger partial charge on any atom is -0.328 e. The predicted octanol–water partition coefficient (Wildman–Crippen LogP) is 3.53. The van der Waals surface area contributed by atoms with Gasteiger partial charge in [-0.25, -0.2) is 4.79 Å². The van der Waals surface area contributed by atoms with Crippen LogP contribution in [0, 0.1) is 0 Å². The van der Waals surface area contributed by atoms with Gasteiger partial charge in [0.05, 0.1) is 23.3 Å². The van der Waals surface area contributed by atoms with E-state index in [1.54, 1.807) is 0 Å². The second-order valence-corrected chi connectivity index (χ2v) is 8.48. The number of imidazole rings is 1. The lowest BCUT2D eigenvalue weighted by Crippen LogP contribution is -2.37. The molecule has 7 nitrogen and oxygen atoms in total. The van der Waals surface area contributed by atoms with E-state index in [9.17, 15) is 4.79 Å². The van der Waals surface area contributed by atoms with Crippen LogP contribution in [0.15, 0.2) is 59.4 Å². The summed E-state index contributed by atoms with van der Waals surface area (Å²) in [7, 11) is 0. The number of aromatic nitrogens is 2. The van der Waals surface area contributed by atoms with Crippen LogP contribution < -0.4 is 16.9 Å². The molecule has 8 heteroatoms. The van der Waals surface area contributed by atoms with Crippen molar-refractivity contribution >= 4 is 28.3 Å². The molecule has 1 aromatic heterocycles. The van der Waals surface area contributed by atoms with Gasteiger partial charge < -0.3 is 15.6 Å². The Morgan fingerprint density at radius 1 is 1.19 bits per heavy atom. The molecule has 0 saturated carbocycles. The normalized spacial score (nSPS) is 16.0. The van der Waals surface area contributed by atoms with Gasteiger partial charge >= 0.3 is 5.69 Å². The molecule has 3 aromatic rings. The highest BCUT2D eigenvalue weighted by atomic mass is 35.5. The van der Waals surface area contributed by atoms with Crippen molar-refractivity contribution < 1.29 is 4.84 Å². The van der Waals surface area contributed by atoms with Gasteiger partial charge in [0, 0.05) is 37.2 Å². The molecule has 0 aliphatic carbocycles. The molecule has 0 radical (unpaired) electrons. The fraction of sp³-hybridized carbons (Fsp3) is 0.375. The molecule has 1 saturated heterocycles. The average Bonchev–Trinajstić information content (AvgIpc) is 3.15. The second kappa shape index (κ2) is 10.8. The Morgan fingerprint density at radius 2 is 1.94 bits per heavy atom. The first-order valence-electron chi connectivity index (χ1n) is 11.1. The second-order valence-electron chi connectivity index (χ2n) is 8.04. The van der Waals surface area contributed by atoms with E-state index >= 15 is 0 Å². The van der Waals surface area contributed by atoms with Gasteiger partial charge in [-0.15, -0.1) is 0 Å². The number of rotatable bonds is 9. The molecule has 4 N–H and O–H groups in total. The van der Waals surface area contributed by atoms with Gasteiger partial charge in [-0.1, -0.05) is 41.9 Å². The zero-order chi connectivity index (χ0) is 22.3. The number of nitrogens with one attached hydrogen (secondary N) is 2. The Labute approximate surface area is 192 Å². The van der Waals surface area contributed by atoms with E-state index in [2.05, 4.69) is 21.4 Å². The molecular formula is C24H30ClN5O2. The molecule has 1 aliphatic rings. The van der Waals surface area contributed by atoms with Crippen LogP contribution in [-0.2, 0) is 4.84 Å². The average molecular weight is 456 g/mol. The zero-order valence-corrected chi connectivity index (χ0v) is 18.9. The SMILES string of the molecule is NCCONC(=CCCN1CCC(n2c(=O)[nH]c3ccccc32)CC1)c1ccc(Cl)cc1. The molecule has 2 heterocycles. The lowest BCUT2D eigenvalue weighted by atomic mass is 10.0. The van der Waals surface area contributed by atoms with Crippen molar-refractivity contribution in [3.8, 4) is 0 Å². The first-order valence-corrected chi connectivity index (χ1v) is 11.5. The van der Waals surface area contributed by atoms with Gasteiger partial charge in [-0.2, -0.15) is 0 Å². The Hall–Kier alpha value is -2.58. The number of H-pyrrole nitrogens is 1. The Balaban J connectivity index is 1.34. The number of piperidine rings is 1. The van der Waals surface area contributed by atoms with Gasteiger partial charge in [0.1, 0.15) is 0 Å². The van der Waals surface area contributed by atoms with Crippen molar-refractivity contribution in [1.82, 2.24) is 19.9 Å². The zero-order valence-electron chi connectivity index (χ0n) is 18.1. The highest BCUT2D eigenvalue weighted by Gasteiger charge is 2.23. The fourth-order valence-corrected chi connectivity index (χ4v) is 4.39. The van der Waals surface area contributed by atoms with Crippen molar-refractivity contribution in [2.75, 3.05) is 32.8 Å². The van der Waals surface area contributed by atoms with Gasteiger partial charge in [0.25, 0.3) is 0 Å². The summed E-state index contributed by atoms with van der Waals surface area (Å²) in [5, 5.41) is 0.702. The maximum Gasteiger partial charge on any atom is 0.326 e. The molecule has 4 rings (SSSR count). The van der Waals surface area contributed by atoms with Crippen LogP contribution >= 0.6 is 11.6 Å². The number of halogens is 1. The number of likely N-dealkylation sites (tertiary alicyclic amines) is 1. The molecule has 0 amide bonds. The summed E-state index contributed by atoms with van der Waals surface area (Å²) in [6.07, 6.45) is 4.96. The summed E-state index contributed by atoms with van der Waals surface area (Å²) in [6, 6.07) is 15.8. The number of hydrogen-bond donors (Lipinski definition) is 3. The van der Waals surface area contributed by atoms with E-state index in [0.717, 1.165) is 61.2 Å². The van der Waals surface area contributed by atoms with E-state index in [4.69, 9.17) is 22.2 Å². The third-order valence-corrected chi connectivity index (χ3v) is 6.15. The summed E-state index contributed by atoms with van der Waals surface area (Å²) < 4.78 is 1.93. The number of hydrogen-bond acceptors (Lipinski definition) is 5. The largest absolute Gasteiger partial charge is 0.328 e. The number of hydroxylamine groups is 1. The van der Waals surface area contributed by atoms with E-state index in [1.807, 2.05) is 53.1 Å². The molecule has 0 bridgehead atoms. The minimum atomic E-state index is -0.0104. The quantitative estimate of drug-likeness (QED) is 0.339. The summed E-state index contributed by atoms with van der Waals surface area (Å²) in [6.45, 7) is 3.78. The highest BCUT2D eigenvalue weighted by Crippen LogP contribution is 2.25. The summed E-state index contributed by atoms with van der Waals surface area (Å²) in [5.41, 5.74) is 12.4. The number of benzene rings is 2. The summed E-state index contributed by atoms with van der Waals surface area (Å²) in [5.74, 6) is 0. The first kappa shape index (κ1) is 22.6. The van der Waals surface area contributed by atoms with Crippen molar-refractivity contribution in [3.63, 3.8) is 0 Å². The first-order chi connectivity index (χ1) is 15.7. The van der Waals surface area contributed by atoms with E-state index in [0.29, 0.717) is 18.2 Å². The monoisotopic (exact) mass is 455 g/mol. The Bertz CT molecular complexity index is 1100. The molecule has 0 unspecified atom stereocenters. The third-order valence-electron chi connectivity index (χ3n) is 5.90. The number of fused-ring (bicyclic) bond motifs is 1. The van der Waals surface area contributed by atoms with Gasteiger partial charge in [-0.05, 0) is 49.1 Å². The number of para-hydroxylation sites is 2. The van der Waals surface area contributed by atoms with E-state index in [-0.39, 0.29) is 11.7 Å². The summed E-state index contributed by atoms with van der Waals surface area (Å²) >= 11 is 6.02. The molecule has 0 spiro atoms. The lowest BCUT2D eigenvalue weighted by molar-refractivity contribution is 0.0847. The van der Waals surface area contributed by atoms with Crippen LogP contribution in [0.1, 0.15) is 30.9 Å². The Morgan fingerprint density at radius 3 is 2.69 bits per heavy atom. The third kappa shape index (κ3) is 5.42. The van der Waals surface area contributed by atoms with Crippen molar-refractivity contribution in [1.29, 1.82) is 0 Å². The molecule has 1 aliphatic heterocycles. The smallest absolute Gasteiger partial charge is 0.326 e. The van der Waals surface area contributed by atoms with Crippen LogP contribution in [0.2, 0.25) is 5.02 Å². The summed E-state index contributed by atoms with van der Waals surface area (Å²) in [4.78, 5) is 23.4. The lowest BCUT2D eigenvalue weighted by Gasteiger charge is -2.32. The van der Waals surface area contributed by atoms with Crippen LogP contribution in [0.25, 0.3) is 16.7 Å². The standard InChI is InChI=1S/C24H30ClN5O2/c25-19-9-7-18(8-10-19)21(28-32-17-13-26)5-3-14-29-15-11-20(12-16-29)30-23-6-2-1-4-22(23)27-24(30)31/h1-2,4-10,20,28H,3,11-17,26H2,(H,27,31). The van der Waals surface area contributed by atoms with Crippen molar-refractivity contribution in [2.45, 2.75) is 25.3 Å². The number of aromatic amines is 1. The van der Waals surface area contributed by atoms with Crippen molar-refractivity contribution in [3.05, 3.63) is 75.7 Å². The molecule has 0 atom stereocenters. The van der Waals surface area contributed by atoms with Crippen molar-refractivity contribution in [2.24, 2.45) is 5.73 Å². The Kier molecular flexibility index (Phi) is 7.65. The van der Waals surface area contributed by atoms with Crippen LogP contribution in [0.5, 0.6) is 0 Å². The number of nitrogens with two attached hydrogens (primary N) is 1. The van der Waals surface area contributed by atoms with Crippen LogP contribution in [-0.4, -0.2) is 47.2 Å². The fourth-order valence-electron chi connectivity index (χ4n) is 4.26. The van der Waals surface area contributed by atoms with Crippen LogP contribution in [0.4, 0.5) is 0 Å². The molecule has 32 heavy (non-hydrogen) atoms. The molecular weight excluding hydrogens is 426 g/mol. The predicted molar refractivity (Wildman–Crippen MR) is 129 cm³/mol. The maximum absolute atomic E-state index is 12.5. The van der Waals surface area contributed by atoms with Gasteiger partial charge in [-0.3, -0.25) is 14.9 Å². The molecule has 170 valence electrons. The minimum absolute atomic E-state index is 0.0104. The molecule has 2 aromatic carbocycles. The molecule has 1 fully saturated rings. The van der Waals surface area contributed by atoms with Crippen LogP contribution in [0.3, 0.4) is 0 Å². The topological polar surface area (TPSA) is 88.3 Å². The maximum atomic E-state index is 12.5. The van der Waals surface area contributed by atoms with E-state index < -0.39 is 0 Å². The highest BCUT2D eigenvalue weighted by molar-refractivity contribution is 6.30.